The van der Waals surface area contributed by atoms with E-state index in [0.717, 1.165) is 46.7 Å². The largest absolute Gasteiger partial charge is 0.493 e. The summed E-state index contributed by atoms with van der Waals surface area (Å²) in [7, 11) is 3.21. The third-order valence-corrected chi connectivity index (χ3v) is 6.89. The summed E-state index contributed by atoms with van der Waals surface area (Å²) in [5, 5.41) is 7.55. The molecule has 1 atom stereocenters. The molecule has 144 valence electrons. The predicted molar refractivity (Wildman–Crippen MR) is 110 cm³/mol. The molecule has 2 aliphatic rings. The lowest BCUT2D eigenvalue weighted by Crippen LogP contribution is -2.38. The first-order chi connectivity index (χ1) is 13.0. The molecule has 0 radical (unpaired) electrons. The molecular weight excluding hydrogens is 430 g/mol. The third-order valence-electron chi connectivity index (χ3n) is 5.15. The average Bonchev–Trinajstić information content (AvgIpc) is 3.04. The van der Waals surface area contributed by atoms with Crippen LogP contribution >= 0.6 is 27.3 Å². The Hall–Kier alpha value is -1.77. The van der Waals surface area contributed by atoms with Gasteiger partial charge < -0.3 is 20.1 Å². The van der Waals surface area contributed by atoms with Gasteiger partial charge >= 0.3 is 0 Å². The molecule has 0 spiro atoms. The third kappa shape index (κ3) is 3.19. The minimum atomic E-state index is -0.316. The molecule has 1 aromatic heterocycles. The van der Waals surface area contributed by atoms with Gasteiger partial charge in [0.05, 0.1) is 24.3 Å². The van der Waals surface area contributed by atoms with Gasteiger partial charge in [-0.3, -0.25) is 9.69 Å². The Balaban J connectivity index is 1.68. The highest BCUT2D eigenvalue weighted by molar-refractivity contribution is 9.10. The maximum absolute atomic E-state index is 12.9. The first kappa shape index (κ1) is 18.6. The molecule has 0 bridgehead atoms. The molecule has 4 rings (SSSR count). The van der Waals surface area contributed by atoms with Crippen LogP contribution in [-0.2, 0) is 13.0 Å². The van der Waals surface area contributed by atoms with Crippen LogP contribution in [0.4, 0.5) is 5.00 Å². The van der Waals surface area contributed by atoms with Gasteiger partial charge in [-0.15, -0.1) is 11.3 Å². The molecule has 0 saturated carbocycles. The topological polar surface area (TPSA) is 62.8 Å². The van der Waals surface area contributed by atoms with Gasteiger partial charge in [0, 0.05) is 18.0 Å². The highest BCUT2D eigenvalue weighted by Crippen LogP contribution is 2.43. The fourth-order valence-corrected chi connectivity index (χ4v) is 5.65. The SMILES string of the molecule is CCN1CCc2c(sc3c2C(=O)N[C@H](c2cc(Br)c(OC)c(OC)c2)N3)C1. The molecule has 6 nitrogen and oxygen atoms in total. The summed E-state index contributed by atoms with van der Waals surface area (Å²) in [6.45, 7) is 5.13. The van der Waals surface area contributed by atoms with Crippen LogP contribution in [0.2, 0.25) is 0 Å². The summed E-state index contributed by atoms with van der Waals surface area (Å²) in [5.74, 6) is 1.24. The number of nitrogens with one attached hydrogen (secondary N) is 2. The lowest BCUT2D eigenvalue weighted by molar-refractivity contribution is 0.0934. The Morgan fingerprint density at radius 1 is 1.30 bits per heavy atom. The van der Waals surface area contributed by atoms with Crippen molar-refractivity contribution in [2.75, 3.05) is 32.6 Å². The summed E-state index contributed by atoms with van der Waals surface area (Å²) < 4.78 is 11.6. The van der Waals surface area contributed by atoms with Crippen LogP contribution in [0.1, 0.15) is 39.5 Å². The second-order valence-corrected chi connectivity index (χ2v) is 8.58. The second kappa shape index (κ2) is 7.33. The molecule has 8 heteroatoms. The summed E-state index contributed by atoms with van der Waals surface area (Å²) in [5.41, 5.74) is 2.93. The molecule has 1 amide bonds. The van der Waals surface area contributed by atoms with Crippen LogP contribution in [0.25, 0.3) is 0 Å². The first-order valence-corrected chi connectivity index (χ1v) is 10.5. The number of fused-ring (bicyclic) bond motifs is 3. The zero-order valence-electron chi connectivity index (χ0n) is 15.5. The second-order valence-electron chi connectivity index (χ2n) is 6.62. The zero-order valence-corrected chi connectivity index (χ0v) is 17.9. The van der Waals surface area contributed by atoms with Crippen LogP contribution in [-0.4, -0.2) is 38.1 Å². The Morgan fingerprint density at radius 2 is 2.11 bits per heavy atom. The highest BCUT2D eigenvalue weighted by Gasteiger charge is 2.33. The van der Waals surface area contributed by atoms with Gasteiger partial charge in [0.15, 0.2) is 11.5 Å². The Bertz CT molecular complexity index is 899. The fraction of sp³-hybridized carbons (Fsp3) is 0.421. The maximum Gasteiger partial charge on any atom is 0.256 e. The molecule has 1 aromatic carbocycles. The van der Waals surface area contributed by atoms with E-state index in [0.29, 0.717) is 11.5 Å². The Morgan fingerprint density at radius 3 is 2.81 bits per heavy atom. The summed E-state index contributed by atoms with van der Waals surface area (Å²) in [6, 6.07) is 3.83. The maximum atomic E-state index is 12.9. The number of anilines is 1. The predicted octanol–water partition coefficient (Wildman–Crippen LogP) is 3.76. The number of nitrogens with zero attached hydrogens (tertiary/aromatic N) is 1. The van der Waals surface area contributed by atoms with E-state index in [1.807, 2.05) is 12.1 Å². The summed E-state index contributed by atoms with van der Waals surface area (Å²) in [4.78, 5) is 16.6. The van der Waals surface area contributed by atoms with Crippen LogP contribution in [0.5, 0.6) is 11.5 Å². The van der Waals surface area contributed by atoms with Gasteiger partial charge in [0.2, 0.25) is 0 Å². The van der Waals surface area contributed by atoms with Crippen molar-refractivity contribution < 1.29 is 14.3 Å². The van der Waals surface area contributed by atoms with Gasteiger partial charge in [0.25, 0.3) is 5.91 Å². The number of carbonyl (C=O) groups excluding carboxylic acids is 1. The molecule has 0 fully saturated rings. The Labute approximate surface area is 171 Å². The van der Waals surface area contributed by atoms with E-state index in [1.54, 1.807) is 25.6 Å². The van der Waals surface area contributed by atoms with Gasteiger partial charge in [-0.05, 0) is 52.2 Å². The number of halogens is 1. The molecule has 0 saturated heterocycles. The van der Waals surface area contributed by atoms with E-state index in [9.17, 15) is 4.79 Å². The van der Waals surface area contributed by atoms with Crippen molar-refractivity contribution in [1.29, 1.82) is 0 Å². The quantitative estimate of drug-likeness (QED) is 0.740. The molecule has 3 heterocycles. The molecule has 0 aliphatic carbocycles. The van der Waals surface area contributed by atoms with Crippen molar-refractivity contribution in [3.05, 3.63) is 38.2 Å². The number of likely N-dealkylation sites (N-methyl/N-ethyl adjacent to an activating group) is 1. The van der Waals surface area contributed by atoms with Crippen molar-refractivity contribution in [2.45, 2.75) is 26.1 Å². The molecule has 2 aromatic rings. The van der Waals surface area contributed by atoms with Gasteiger partial charge in [-0.25, -0.2) is 0 Å². The average molecular weight is 452 g/mol. The fourth-order valence-electron chi connectivity index (χ4n) is 3.71. The number of methoxy groups -OCH3 is 2. The molecule has 27 heavy (non-hydrogen) atoms. The van der Waals surface area contributed by atoms with Crippen molar-refractivity contribution in [3.63, 3.8) is 0 Å². The van der Waals surface area contributed by atoms with Crippen LogP contribution in [0, 0.1) is 0 Å². The van der Waals surface area contributed by atoms with Crippen molar-refractivity contribution >= 4 is 38.2 Å². The Kier molecular flexibility index (Phi) is 5.05. The molecule has 2 N–H and O–H groups in total. The standard InChI is InChI=1S/C19H22BrN3O3S/c1-4-23-6-5-11-14(9-23)27-19-15(11)18(24)21-17(22-19)10-7-12(20)16(26-3)13(8-10)25-2/h7-8,17,22H,4-6,9H2,1-3H3,(H,21,24)/t17-/m0/s1. The number of rotatable bonds is 4. The van der Waals surface area contributed by atoms with E-state index >= 15 is 0 Å². The lowest BCUT2D eigenvalue weighted by atomic mass is 10.0. The first-order valence-electron chi connectivity index (χ1n) is 8.91. The number of hydrogen-bond donors (Lipinski definition) is 2. The number of benzene rings is 1. The van der Waals surface area contributed by atoms with Gasteiger partial charge in [-0.1, -0.05) is 6.92 Å². The normalized spacial score (nSPS) is 19.0. The molecule has 0 unspecified atom stereocenters. The van der Waals surface area contributed by atoms with Crippen molar-refractivity contribution in [1.82, 2.24) is 10.2 Å². The number of amides is 1. The van der Waals surface area contributed by atoms with E-state index in [4.69, 9.17) is 9.47 Å². The van der Waals surface area contributed by atoms with Gasteiger partial charge in [0.1, 0.15) is 11.2 Å². The van der Waals surface area contributed by atoms with Crippen LogP contribution < -0.4 is 20.1 Å². The zero-order chi connectivity index (χ0) is 19.1. The van der Waals surface area contributed by atoms with E-state index in [2.05, 4.69) is 38.4 Å². The highest BCUT2D eigenvalue weighted by atomic mass is 79.9. The smallest absolute Gasteiger partial charge is 0.256 e. The molecular formula is C19H22BrN3O3S. The van der Waals surface area contributed by atoms with E-state index < -0.39 is 0 Å². The van der Waals surface area contributed by atoms with Crippen molar-refractivity contribution in [2.24, 2.45) is 0 Å². The van der Waals surface area contributed by atoms with E-state index in [-0.39, 0.29) is 12.1 Å². The minimum Gasteiger partial charge on any atom is -0.493 e. The van der Waals surface area contributed by atoms with Crippen LogP contribution in [0.3, 0.4) is 0 Å². The summed E-state index contributed by atoms with van der Waals surface area (Å²) >= 11 is 5.22. The summed E-state index contributed by atoms with van der Waals surface area (Å²) in [6.07, 6.45) is 0.611. The number of ether oxygens (including phenoxy) is 2. The number of carbonyl (C=O) groups is 1. The molecule has 2 aliphatic heterocycles. The minimum absolute atomic E-state index is 0.0119. The monoisotopic (exact) mass is 451 g/mol. The number of hydrogen-bond acceptors (Lipinski definition) is 6. The van der Waals surface area contributed by atoms with Crippen molar-refractivity contribution in [3.8, 4) is 11.5 Å². The van der Waals surface area contributed by atoms with Crippen LogP contribution in [0.15, 0.2) is 16.6 Å². The van der Waals surface area contributed by atoms with E-state index in [1.165, 1.54) is 10.4 Å². The number of thiophene rings is 1. The lowest BCUT2D eigenvalue weighted by Gasteiger charge is -2.28. The van der Waals surface area contributed by atoms with Gasteiger partial charge in [-0.2, -0.15) is 0 Å².